The quantitative estimate of drug-likeness (QED) is 0.743. The number of aliphatic hydroxyl groups excluding tert-OH is 1. The van der Waals surface area contributed by atoms with Crippen LogP contribution in [-0.2, 0) is 13.0 Å². The highest BCUT2D eigenvalue weighted by atomic mass is 32.1. The Bertz CT molecular complexity index is 462. The van der Waals surface area contributed by atoms with Crippen molar-refractivity contribution < 1.29 is 5.11 Å². The third-order valence-electron chi connectivity index (χ3n) is 2.41. The highest BCUT2D eigenvalue weighted by Gasteiger charge is 2.10. The Kier molecular flexibility index (Phi) is 2.44. The Labute approximate surface area is 87.0 Å². The molecule has 1 aromatic carbocycles. The van der Waals surface area contributed by atoms with Crippen molar-refractivity contribution in [1.29, 1.82) is 0 Å². The Morgan fingerprint density at radius 2 is 2.21 bits per heavy atom. The largest absolute Gasteiger partial charge is 0.398 e. The molecule has 2 rings (SSSR count). The molecular weight excluding hydrogens is 194 g/mol. The van der Waals surface area contributed by atoms with Crippen molar-refractivity contribution in [3.63, 3.8) is 0 Å². The molecule has 0 radical (unpaired) electrons. The second-order valence-corrected chi connectivity index (χ2v) is 4.34. The summed E-state index contributed by atoms with van der Waals surface area (Å²) in [5, 5.41) is 10.4. The van der Waals surface area contributed by atoms with Gasteiger partial charge in [0.25, 0.3) is 0 Å². The summed E-state index contributed by atoms with van der Waals surface area (Å²) in [4.78, 5) is 1.24. The molecule has 2 nitrogen and oxygen atoms in total. The molecule has 0 aliphatic carbocycles. The van der Waals surface area contributed by atoms with E-state index < -0.39 is 0 Å². The average molecular weight is 207 g/mol. The first-order chi connectivity index (χ1) is 6.77. The number of benzene rings is 1. The Balaban J connectivity index is 2.79. The van der Waals surface area contributed by atoms with Crippen LogP contribution in [0.5, 0.6) is 0 Å². The summed E-state index contributed by atoms with van der Waals surface area (Å²) in [5.74, 6) is 0. The van der Waals surface area contributed by atoms with Gasteiger partial charge >= 0.3 is 0 Å². The standard InChI is InChI=1S/C11H13NOS/c1-2-10-8(6-13)7-4-3-5-9(12)11(7)14-10/h3-5,13H,2,6,12H2,1H3. The Morgan fingerprint density at radius 1 is 1.43 bits per heavy atom. The van der Waals surface area contributed by atoms with E-state index in [1.165, 1.54) is 4.88 Å². The smallest absolute Gasteiger partial charge is 0.0698 e. The maximum atomic E-state index is 9.29. The molecule has 3 heteroatoms. The van der Waals surface area contributed by atoms with E-state index in [4.69, 9.17) is 5.73 Å². The summed E-state index contributed by atoms with van der Waals surface area (Å²) in [5.41, 5.74) is 7.73. The minimum absolute atomic E-state index is 0.104. The molecule has 0 atom stereocenters. The molecule has 0 saturated heterocycles. The Morgan fingerprint density at radius 3 is 2.86 bits per heavy atom. The molecule has 0 saturated carbocycles. The lowest BCUT2D eigenvalue weighted by Crippen LogP contribution is -1.87. The fraction of sp³-hybridized carbons (Fsp3) is 0.273. The van der Waals surface area contributed by atoms with Gasteiger partial charge in [-0.1, -0.05) is 19.1 Å². The monoisotopic (exact) mass is 207 g/mol. The zero-order chi connectivity index (χ0) is 10.1. The normalized spacial score (nSPS) is 11.0. The van der Waals surface area contributed by atoms with Gasteiger partial charge in [-0.3, -0.25) is 0 Å². The summed E-state index contributed by atoms with van der Waals surface area (Å²) in [6.07, 6.45) is 0.953. The SMILES string of the molecule is CCc1sc2c(N)cccc2c1CO. The lowest BCUT2D eigenvalue weighted by Gasteiger charge is -1.97. The van der Waals surface area contributed by atoms with Crippen molar-refractivity contribution in [2.24, 2.45) is 0 Å². The maximum absolute atomic E-state index is 9.29. The van der Waals surface area contributed by atoms with Gasteiger partial charge in [0.15, 0.2) is 0 Å². The van der Waals surface area contributed by atoms with Gasteiger partial charge in [0.2, 0.25) is 0 Å². The predicted octanol–water partition coefficient (Wildman–Crippen LogP) is 2.54. The molecular formula is C11H13NOS. The second kappa shape index (κ2) is 3.59. The molecule has 2 aromatic rings. The van der Waals surface area contributed by atoms with Crippen molar-refractivity contribution in [3.05, 3.63) is 28.6 Å². The molecule has 0 amide bonds. The first-order valence-electron chi connectivity index (χ1n) is 4.67. The van der Waals surface area contributed by atoms with Gasteiger partial charge in [0.05, 0.1) is 11.3 Å². The minimum atomic E-state index is 0.104. The van der Waals surface area contributed by atoms with Gasteiger partial charge in [0, 0.05) is 16.0 Å². The van der Waals surface area contributed by atoms with E-state index >= 15 is 0 Å². The van der Waals surface area contributed by atoms with E-state index in [1.54, 1.807) is 11.3 Å². The Hall–Kier alpha value is -1.06. The predicted molar refractivity (Wildman–Crippen MR) is 61.5 cm³/mol. The van der Waals surface area contributed by atoms with Gasteiger partial charge in [-0.05, 0) is 18.1 Å². The van der Waals surface area contributed by atoms with Crippen molar-refractivity contribution in [2.45, 2.75) is 20.0 Å². The molecule has 0 fully saturated rings. The lowest BCUT2D eigenvalue weighted by molar-refractivity contribution is 0.283. The van der Waals surface area contributed by atoms with Crippen LogP contribution in [0.1, 0.15) is 17.4 Å². The number of thiophene rings is 1. The number of aliphatic hydroxyl groups is 1. The molecule has 14 heavy (non-hydrogen) atoms. The summed E-state index contributed by atoms with van der Waals surface area (Å²) >= 11 is 1.69. The molecule has 3 N–H and O–H groups in total. The van der Waals surface area contributed by atoms with Gasteiger partial charge < -0.3 is 10.8 Å². The molecule has 1 aromatic heterocycles. The van der Waals surface area contributed by atoms with Crippen LogP contribution in [-0.4, -0.2) is 5.11 Å². The van der Waals surface area contributed by atoms with E-state index in [-0.39, 0.29) is 6.61 Å². The third-order valence-corrected chi connectivity index (χ3v) is 3.85. The van der Waals surface area contributed by atoms with E-state index in [0.29, 0.717) is 0 Å². The van der Waals surface area contributed by atoms with Crippen LogP contribution < -0.4 is 5.73 Å². The second-order valence-electron chi connectivity index (χ2n) is 3.24. The minimum Gasteiger partial charge on any atom is -0.398 e. The van der Waals surface area contributed by atoms with Crippen molar-refractivity contribution >= 4 is 27.1 Å². The van der Waals surface area contributed by atoms with Crippen molar-refractivity contribution in [2.75, 3.05) is 5.73 Å². The number of nitrogens with two attached hydrogens (primary N) is 1. The summed E-state index contributed by atoms with van der Waals surface area (Å²) in [6, 6.07) is 5.86. The zero-order valence-electron chi connectivity index (χ0n) is 8.08. The van der Waals surface area contributed by atoms with Crippen molar-refractivity contribution in [3.8, 4) is 0 Å². The average Bonchev–Trinajstić information content (AvgIpc) is 2.57. The topological polar surface area (TPSA) is 46.2 Å². The van der Waals surface area contributed by atoms with Gasteiger partial charge in [0.1, 0.15) is 0 Å². The van der Waals surface area contributed by atoms with Crippen LogP contribution in [0.15, 0.2) is 18.2 Å². The van der Waals surface area contributed by atoms with E-state index in [2.05, 4.69) is 6.92 Å². The van der Waals surface area contributed by atoms with Crippen LogP contribution in [0, 0.1) is 0 Å². The van der Waals surface area contributed by atoms with Crippen LogP contribution in [0.3, 0.4) is 0 Å². The number of fused-ring (bicyclic) bond motifs is 1. The maximum Gasteiger partial charge on any atom is 0.0698 e. The summed E-state index contributed by atoms with van der Waals surface area (Å²) < 4.78 is 1.11. The van der Waals surface area contributed by atoms with Crippen LogP contribution >= 0.6 is 11.3 Å². The molecule has 0 unspecified atom stereocenters. The highest BCUT2D eigenvalue weighted by Crippen LogP contribution is 2.35. The van der Waals surface area contributed by atoms with E-state index in [0.717, 1.165) is 27.8 Å². The molecule has 0 aliphatic heterocycles. The first kappa shape index (κ1) is 9.49. The molecule has 0 aliphatic rings. The highest BCUT2D eigenvalue weighted by molar-refractivity contribution is 7.19. The van der Waals surface area contributed by atoms with Crippen LogP contribution in [0.2, 0.25) is 0 Å². The number of rotatable bonds is 2. The molecule has 1 heterocycles. The van der Waals surface area contributed by atoms with Crippen LogP contribution in [0.4, 0.5) is 5.69 Å². The fourth-order valence-electron chi connectivity index (χ4n) is 1.70. The lowest BCUT2D eigenvalue weighted by atomic mass is 10.1. The molecule has 0 bridgehead atoms. The summed E-state index contributed by atoms with van der Waals surface area (Å²) in [6.45, 7) is 2.20. The number of aryl methyl sites for hydroxylation is 1. The first-order valence-corrected chi connectivity index (χ1v) is 5.49. The van der Waals surface area contributed by atoms with E-state index in [9.17, 15) is 5.11 Å². The van der Waals surface area contributed by atoms with Crippen LogP contribution in [0.25, 0.3) is 10.1 Å². The number of hydrogen-bond acceptors (Lipinski definition) is 3. The molecule has 74 valence electrons. The molecule has 0 spiro atoms. The summed E-state index contributed by atoms with van der Waals surface area (Å²) in [7, 11) is 0. The number of hydrogen-bond donors (Lipinski definition) is 2. The van der Waals surface area contributed by atoms with Crippen molar-refractivity contribution in [1.82, 2.24) is 0 Å². The number of anilines is 1. The zero-order valence-corrected chi connectivity index (χ0v) is 8.90. The fourth-order valence-corrected chi connectivity index (χ4v) is 2.88. The van der Waals surface area contributed by atoms with Gasteiger partial charge in [-0.15, -0.1) is 11.3 Å². The third kappa shape index (κ3) is 1.29. The van der Waals surface area contributed by atoms with E-state index in [1.807, 2.05) is 18.2 Å². The number of nitrogen functional groups attached to an aromatic ring is 1. The van der Waals surface area contributed by atoms with Gasteiger partial charge in [-0.25, -0.2) is 0 Å². The van der Waals surface area contributed by atoms with Gasteiger partial charge in [-0.2, -0.15) is 0 Å².